The van der Waals surface area contributed by atoms with Crippen LogP contribution >= 0.6 is 0 Å². The third-order valence-electron chi connectivity index (χ3n) is 3.85. The number of rotatable bonds is 5. The van der Waals surface area contributed by atoms with Crippen LogP contribution in [-0.4, -0.2) is 23.4 Å². The highest BCUT2D eigenvalue weighted by Gasteiger charge is 2.10. The molecule has 0 unspecified atom stereocenters. The predicted molar refractivity (Wildman–Crippen MR) is 98.7 cm³/mol. The third kappa shape index (κ3) is 4.36. The van der Waals surface area contributed by atoms with E-state index in [4.69, 9.17) is 4.74 Å². The molecule has 0 spiro atoms. The predicted octanol–water partition coefficient (Wildman–Crippen LogP) is 2.64. The number of aryl methyl sites for hydroxylation is 1. The molecule has 3 rings (SSSR count). The zero-order valence-corrected chi connectivity index (χ0v) is 14.4. The maximum atomic E-state index is 12.1. The van der Waals surface area contributed by atoms with E-state index in [0.717, 1.165) is 11.8 Å². The van der Waals surface area contributed by atoms with Gasteiger partial charge in [-0.25, -0.2) is 4.98 Å². The lowest BCUT2D eigenvalue weighted by Gasteiger charge is -2.09. The van der Waals surface area contributed by atoms with Crippen molar-refractivity contribution in [3.63, 3.8) is 0 Å². The molecule has 2 amide bonds. The molecule has 0 aliphatic heterocycles. The van der Waals surface area contributed by atoms with Crippen LogP contribution in [0.5, 0.6) is 5.75 Å². The number of carbonyl (C=O) groups is 2. The van der Waals surface area contributed by atoms with Gasteiger partial charge < -0.3 is 4.74 Å². The van der Waals surface area contributed by atoms with Gasteiger partial charge in [-0.2, -0.15) is 0 Å². The highest BCUT2D eigenvalue weighted by molar-refractivity contribution is 5.95. The molecular weight excluding hydrogens is 330 g/mol. The maximum absolute atomic E-state index is 12.1. The standard InChI is InChI=1S/C20H19N3O3/c1-2-14-7-10-16(11-8-14)26-13-19(24)22-23-20(25)18-12-9-15-5-3-4-6-17(15)21-18/h3-12H,2,13H2,1H3,(H,22,24)(H,23,25). The minimum Gasteiger partial charge on any atom is -0.484 e. The van der Waals surface area contributed by atoms with Gasteiger partial charge in [0.1, 0.15) is 11.4 Å². The van der Waals surface area contributed by atoms with Gasteiger partial charge >= 0.3 is 0 Å². The first-order chi connectivity index (χ1) is 12.7. The van der Waals surface area contributed by atoms with Gasteiger partial charge in [0.15, 0.2) is 6.61 Å². The number of carbonyl (C=O) groups excluding carboxylic acids is 2. The number of ether oxygens (including phenoxy) is 1. The Morgan fingerprint density at radius 1 is 0.962 bits per heavy atom. The Bertz CT molecular complexity index is 923. The number of fused-ring (bicyclic) bond motifs is 1. The number of amides is 2. The second-order valence-electron chi connectivity index (χ2n) is 5.68. The zero-order chi connectivity index (χ0) is 18.4. The fourth-order valence-corrected chi connectivity index (χ4v) is 2.39. The normalized spacial score (nSPS) is 10.3. The molecule has 1 aromatic heterocycles. The van der Waals surface area contributed by atoms with Crippen molar-refractivity contribution in [3.8, 4) is 5.75 Å². The minimum absolute atomic E-state index is 0.198. The Labute approximate surface area is 151 Å². The number of nitrogens with one attached hydrogen (secondary N) is 2. The quantitative estimate of drug-likeness (QED) is 0.694. The van der Waals surface area contributed by atoms with Crippen LogP contribution in [0, 0.1) is 0 Å². The van der Waals surface area contributed by atoms with Crippen LogP contribution in [0.15, 0.2) is 60.7 Å². The van der Waals surface area contributed by atoms with Crippen LogP contribution in [0.2, 0.25) is 0 Å². The number of aromatic nitrogens is 1. The van der Waals surface area contributed by atoms with E-state index in [2.05, 4.69) is 22.8 Å². The number of benzene rings is 2. The lowest BCUT2D eigenvalue weighted by atomic mass is 10.2. The number of para-hydroxylation sites is 1. The van der Waals surface area contributed by atoms with Gasteiger partial charge in [-0.1, -0.05) is 43.3 Å². The summed E-state index contributed by atoms with van der Waals surface area (Å²) >= 11 is 0. The van der Waals surface area contributed by atoms with Crippen LogP contribution in [0.1, 0.15) is 23.0 Å². The third-order valence-corrected chi connectivity index (χ3v) is 3.85. The van der Waals surface area contributed by atoms with Gasteiger partial charge in [-0.3, -0.25) is 20.4 Å². The molecule has 0 aliphatic rings. The zero-order valence-electron chi connectivity index (χ0n) is 14.4. The Kier molecular flexibility index (Phi) is 5.43. The Balaban J connectivity index is 1.50. The molecule has 0 aliphatic carbocycles. The van der Waals surface area contributed by atoms with E-state index in [9.17, 15) is 9.59 Å². The Morgan fingerprint density at radius 2 is 1.73 bits per heavy atom. The summed E-state index contributed by atoms with van der Waals surface area (Å²) in [5, 5.41) is 0.940. The second kappa shape index (κ2) is 8.11. The molecule has 26 heavy (non-hydrogen) atoms. The molecule has 2 aromatic carbocycles. The van der Waals surface area contributed by atoms with Crippen molar-refractivity contribution < 1.29 is 14.3 Å². The number of hydrogen-bond donors (Lipinski definition) is 2. The molecule has 2 N–H and O–H groups in total. The number of hydrogen-bond acceptors (Lipinski definition) is 4. The maximum Gasteiger partial charge on any atom is 0.288 e. The molecule has 0 atom stereocenters. The topological polar surface area (TPSA) is 80.3 Å². The van der Waals surface area contributed by atoms with Crippen molar-refractivity contribution in [1.82, 2.24) is 15.8 Å². The van der Waals surface area contributed by atoms with Gasteiger partial charge in [0.05, 0.1) is 5.52 Å². The van der Waals surface area contributed by atoms with Gasteiger partial charge in [0.2, 0.25) is 0 Å². The van der Waals surface area contributed by atoms with Crippen molar-refractivity contribution in [3.05, 3.63) is 71.9 Å². The first kappa shape index (κ1) is 17.4. The van der Waals surface area contributed by atoms with E-state index < -0.39 is 11.8 Å². The average molecular weight is 349 g/mol. The molecule has 3 aromatic rings. The van der Waals surface area contributed by atoms with Crippen LogP contribution in [0.4, 0.5) is 0 Å². The molecule has 0 bridgehead atoms. The molecule has 1 heterocycles. The molecule has 0 saturated carbocycles. The summed E-state index contributed by atoms with van der Waals surface area (Å²) in [5.74, 6) is -0.352. The highest BCUT2D eigenvalue weighted by atomic mass is 16.5. The largest absolute Gasteiger partial charge is 0.484 e. The number of nitrogens with zero attached hydrogens (tertiary/aromatic N) is 1. The van der Waals surface area contributed by atoms with Crippen LogP contribution in [0.3, 0.4) is 0 Å². The summed E-state index contributed by atoms with van der Waals surface area (Å²) in [7, 11) is 0. The monoisotopic (exact) mass is 349 g/mol. The van der Waals surface area contributed by atoms with Gasteiger partial charge in [0, 0.05) is 5.39 Å². The summed E-state index contributed by atoms with van der Waals surface area (Å²) in [5.41, 5.74) is 6.78. The molecule has 0 saturated heterocycles. The van der Waals surface area contributed by atoms with E-state index in [0.29, 0.717) is 11.3 Å². The lowest BCUT2D eigenvalue weighted by Crippen LogP contribution is -2.44. The van der Waals surface area contributed by atoms with Crippen molar-refractivity contribution >= 4 is 22.7 Å². The number of pyridine rings is 1. The van der Waals surface area contributed by atoms with Crippen LogP contribution < -0.4 is 15.6 Å². The van der Waals surface area contributed by atoms with E-state index in [1.807, 2.05) is 54.6 Å². The average Bonchev–Trinajstić information content (AvgIpc) is 2.70. The van der Waals surface area contributed by atoms with Gasteiger partial charge in [-0.05, 0) is 36.2 Å². The molecule has 0 radical (unpaired) electrons. The second-order valence-corrected chi connectivity index (χ2v) is 5.68. The summed E-state index contributed by atoms with van der Waals surface area (Å²) in [4.78, 5) is 28.2. The first-order valence-electron chi connectivity index (χ1n) is 8.32. The smallest absolute Gasteiger partial charge is 0.288 e. The van der Waals surface area contributed by atoms with Crippen molar-refractivity contribution in [2.45, 2.75) is 13.3 Å². The van der Waals surface area contributed by atoms with Crippen LogP contribution in [0.25, 0.3) is 10.9 Å². The van der Waals surface area contributed by atoms with E-state index in [1.54, 1.807) is 6.07 Å². The van der Waals surface area contributed by atoms with E-state index in [-0.39, 0.29) is 12.3 Å². The lowest BCUT2D eigenvalue weighted by molar-refractivity contribution is -0.123. The first-order valence-corrected chi connectivity index (χ1v) is 8.32. The van der Waals surface area contributed by atoms with Crippen LogP contribution in [-0.2, 0) is 11.2 Å². The molecule has 0 fully saturated rings. The molecule has 6 heteroatoms. The summed E-state index contributed by atoms with van der Waals surface area (Å²) in [6.45, 7) is 1.87. The fraction of sp³-hybridized carbons (Fsp3) is 0.150. The van der Waals surface area contributed by atoms with E-state index >= 15 is 0 Å². The Morgan fingerprint density at radius 3 is 2.50 bits per heavy atom. The summed E-state index contributed by atoms with van der Waals surface area (Å²) in [6, 6.07) is 18.4. The van der Waals surface area contributed by atoms with E-state index in [1.165, 1.54) is 5.56 Å². The van der Waals surface area contributed by atoms with Gasteiger partial charge in [-0.15, -0.1) is 0 Å². The summed E-state index contributed by atoms with van der Waals surface area (Å²) in [6.07, 6.45) is 0.940. The SMILES string of the molecule is CCc1ccc(OCC(=O)NNC(=O)c2ccc3ccccc3n2)cc1. The molecular formula is C20H19N3O3. The molecule has 132 valence electrons. The van der Waals surface area contributed by atoms with Crippen molar-refractivity contribution in [2.75, 3.05) is 6.61 Å². The summed E-state index contributed by atoms with van der Waals surface area (Å²) < 4.78 is 5.38. The molecule has 6 nitrogen and oxygen atoms in total. The minimum atomic E-state index is -0.489. The van der Waals surface area contributed by atoms with Gasteiger partial charge in [0.25, 0.3) is 11.8 Å². The van der Waals surface area contributed by atoms with Crippen molar-refractivity contribution in [1.29, 1.82) is 0 Å². The fourth-order valence-electron chi connectivity index (χ4n) is 2.39. The highest BCUT2D eigenvalue weighted by Crippen LogP contribution is 2.12. The Hall–Kier alpha value is -3.41. The van der Waals surface area contributed by atoms with Crippen molar-refractivity contribution in [2.24, 2.45) is 0 Å². The number of hydrazine groups is 1.